The number of hydrogen-bond acceptors (Lipinski definition) is 6. The highest BCUT2D eigenvalue weighted by atomic mass is 32.1. The van der Waals surface area contributed by atoms with Crippen LogP contribution in [-0.4, -0.2) is 23.5 Å². The molecule has 1 amide bonds. The molecule has 1 N–H and O–H groups in total. The van der Waals surface area contributed by atoms with Gasteiger partial charge in [-0.15, -0.1) is 11.3 Å². The molecule has 2 aliphatic carbocycles. The number of benzene rings is 1. The standard InChI is InChI=1S/C32H37N3O3S/c1-4-32(2,3)20-15-16-21-24(18-33)30(39-27(21)17-20)35-28(36)19-38-31(37)29-22-11-7-5-6-8-13-25(22)34-26-14-10-9-12-23(26)29/h9-10,12,14,20H,4-8,11,13,15-17,19H2,1-3H3,(H,35,36). The number of aromatic nitrogens is 1. The Bertz CT molecular complexity index is 1450. The van der Waals surface area contributed by atoms with Crippen LogP contribution >= 0.6 is 11.3 Å². The molecule has 1 aromatic carbocycles. The van der Waals surface area contributed by atoms with E-state index in [0.717, 1.165) is 85.5 Å². The number of nitrogens with zero attached hydrogens (tertiary/aromatic N) is 2. The fourth-order valence-electron chi connectivity index (χ4n) is 6.07. The Hall–Kier alpha value is -3.24. The van der Waals surface area contributed by atoms with E-state index >= 15 is 0 Å². The second-order valence-corrected chi connectivity index (χ2v) is 12.7. The number of aryl methyl sites for hydroxylation is 1. The number of nitrogens with one attached hydrogen (secondary N) is 1. The number of para-hydroxylation sites is 1. The minimum absolute atomic E-state index is 0.237. The highest BCUT2D eigenvalue weighted by Crippen LogP contribution is 2.45. The minimum atomic E-state index is -0.490. The van der Waals surface area contributed by atoms with Gasteiger partial charge in [0.25, 0.3) is 5.91 Å². The van der Waals surface area contributed by atoms with Crippen molar-refractivity contribution in [3.63, 3.8) is 0 Å². The van der Waals surface area contributed by atoms with Gasteiger partial charge in [-0.25, -0.2) is 4.79 Å². The molecule has 3 aromatic rings. The molecule has 1 unspecified atom stereocenters. The maximum absolute atomic E-state index is 13.4. The van der Waals surface area contributed by atoms with Crippen molar-refractivity contribution in [1.29, 1.82) is 5.26 Å². The minimum Gasteiger partial charge on any atom is -0.452 e. The van der Waals surface area contributed by atoms with Crippen LogP contribution in [0.4, 0.5) is 5.00 Å². The van der Waals surface area contributed by atoms with Crippen LogP contribution in [0, 0.1) is 22.7 Å². The molecule has 0 fully saturated rings. The van der Waals surface area contributed by atoms with Gasteiger partial charge in [-0.2, -0.15) is 5.26 Å². The lowest BCUT2D eigenvalue weighted by atomic mass is 9.69. The zero-order chi connectivity index (χ0) is 27.6. The van der Waals surface area contributed by atoms with E-state index in [2.05, 4.69) is 32.2 Å². The molecule has 0 saturated heterocycles. The summed E-state index contributed by atoms with van der Waals surface area (Å²) in [6.45, 7) is 6.45. The smallest absolute Gasteiger partial charge is 0.339 e. The first-order chi connectivity index (χ1) is 18.8. The van der Waals surface area contributed by atoms with Crippen LogP contribution in [0.3, 0.4) is 0 Å². The number of amides is 1. The molecule has 5 rings (SSSR count). The van der Waals surface area contributed by atoms with Gasteiger partial charge in [-0.05, 0) is 73.5 Å². The van der Waals surface area contributed by atoms with Gasteiger partial charge >= 0.3 is 5.97 Å². The lowest BCUT2D eigenvalue weighted by Gasteiger charge is -2.36. The summed E-state index contributed by atoms with van der Waals surface area (Å²) in [5, 5.41) is 14.1. The lowest BCUT2D eigenvalue weighted by Crippen LogP contribution is -2.28. The number of thiophene rings is 1. The third-order valence-corrected chi connectivity index (χ3v) is 10.0. The van der Waals surface area contributed by atoms with E-state index in [1.54, 1.807) is 0 Å². The quantitative estimate of drug-likeness (QED) is 0.333. The van der Waals surface area contributed by atoms with Crippen molar-refractivity contribution in [2.24, 2.45) is 11.3 Å². The van der Waals surface area contributed by atoms with Crippen LogP contribution in [0.15, 0.2) is 24.3 Å². The van der Waals surface area contributed by atoms with Crippen molar-refractivity contribution in [1.82, 2.24) is 4.98 Å². The number of anilines is 1. The normalized spacial score (nSPS) is 17.3. The summed E-state index contributed by atoms with van der Waals surface area (Å²) in [6, 6.07) is 9.96. The Morgan fingerprint density at radius 2 is 1.90 bits per heavy atom. The molecule has 1 atom stereocenters. The van der Waals surface area contributed by atoms with Crippen molar-refractivity contribution < 1.29 is 14.3 Å². The van der Waals surface area contributed by atoms with Crippen LogP contribution in [0.5, 0.6) is 0 Å². The topological polar surface area (TPSA) is 92.1 Å². The Kier molecular flexibility index (Phi) is 8.04. The highest BCUT2D eigenvalue weighted by Gasteiger charge is 2.34. The van der Waals surface area contributed by atoms with Crippen molar-refractivity contribution in [2.45, 2.75) is 85.0 Å². The van der Waals surface area contributed by atoms with Crippen molar-refractivity contribution in [3.8, 4) is 6.07 Å². The Balaban J connectivity index is 1.33. The molecule has 2 aromatic heterocycles. The summed E-state index contributed by atoms with van der Waals surface area (Å²) in [6.07, 6.45) is 9.93. The van der Waals surface area contributed by atoms with Crippen LogP contribution < -0.4 is 5.32 Å². The number of carbonyl (C=O) groups excluding carboxylic acids is 2. The average molecular weight is 544 g/mol. The van der Waals surface area contributed by atoms with Gasteiger partial charge in [0.05, 0.1) is 16.6 Å². The fourth-order valence-corrected chi connectivity index (χ4v) is 7.37. The summed E-state index contributed by atoms with van der Waals surface area (Å²) in [4.78, 5) is 32.5. The summed E-state index contributed by atoms with van der Waals surface area (Å²) in [5.41, 5.74) is 5.11. The number of ether oxygens (including phenoxy) is 1. The number of hydrogen-bond donors (Lipinski definition) is 1. The molecule has 0 saturated carbocycles. The Morgan fingerprint density at radius 3 is 2.67 bits per heavy atom. The number of esters is 1. The highest BCUT2D eigenvalue weighted by molar-refractivity contribution is 7.16. The molecule has 0 bridgehead atoms. The predicted molar refractivity (Wildman–Crippen MR) is 155 cm³/mol. The number of fused-ring (bicyclic) bond motifs is 3. The van der Waals surface area contributed by atoms with Gasteiger partial charge in [-0.3, -0.25) is 9.78 Å². The molecule has 2 aliphatic rings. The first-order valence-corrected chi connectivity index (χ1v) is 15.1. The second kappa shape index (κ2) is 11.5. The van der Waals surface area contributed by atoms with E-state index in [9.17, 15) is 14.9 Å². The SMILES string of the molecule is CCC(C)(C)C1CCc2c(sc(NC(=O)COC(=O)c3c4c(nc5ccccc35)CCCCCC4)c2C#N)C1. The molecule has 204 valence electrons. The average Bonchev–Trinajstić information content (AvgIpc) is 3.27. The zero-order valence-electron chi connectivity index (χ0n) is 23.2. The molecular weight excluding hydrogens is 506 g/mol. The molecule has 6 nitrogen and oxygen atoms in total. The first kappa shape index (κ1) is 27.3. The second-order valence-electron chi connectivity index (χ2n) is 11.6. The molecule has 0 radical (unpaired) electrons. The summed E-state index contributed by atoms with van der Waals surface area (Å²) in [5.74, 6) is -0.361. The molecule has 0 spiro atoms. The third kappa shape index (κ3) is 5.58. The number of nitriles is 1. The van der Waals surface area contributed by atoms with Gasteiger partial charge in [0, 0.05) is 16.0 Å². The van der Waals surface area contributed by atoms with Crippen molar-refractivity contribution >= 4 is 39.1 Å². The summed E-state index contributed by atoms with van der Waals surface area (Å²) >= 11 is 1.50. The Morgan fingerprint density at radius 1 is 1.13 bits per heavy atom. The largest absolute Gasteiger partial charge is 0.452 e. The number of rotatable bonds is 6. The maximum atomic E-state index is 13.4. The van der Waals surface area contributed by atoms with Gasteiger partial charge in [-0.1, -0.05) is 58.2 Å². The van der Waals surface area contributed by atoms with E-state index in [1.807, 2.05) is 24.3 Å². The Labute approximate surface area is 234 Å². The monoisotopic (exact) mass is 543 g/mol. The predicted octanol–water partition coefficient (Wildman–Crippen LogP) is 7.16. The number of pyridine rings is 1. The van der Waals surface area contributed by atoms with Gasteiger partial charge in [0.15, 0.2) is 6.61 Å². The molecule has 2 heterocycles. The van der Waals surface area contributed by atoms with E-state index in [4.69, 9.17) is 9.72 Å². The van der Waals surface area contributed by atoms with Crippen molar-refractivity contribution in [3.05, 3.63) is 57.1 Å². The van der Waals surface area contributed by atoms with E-state index < -0.39 is 18.5 Å². The molecular formula is C32H37N3O3S. The van der Waals surface area contributed by atoms with E-state index in [-0.39, 0.29) is 5.41 Å². The molecule has 0 aliphatic heterocycles. The molecule has 7 heteroatoms. The summed E-state index contributed by atoms with van der Waals surface area (Å²) < 4.78 is 5.60. The summed E-state index contributed by atoms with van der Waals surface area (Å²) in [7, 11) is 0. The maximum Gasteiger partial charge on any atom is 0.339 e. The first-order valence-electron chi connectivity index (χ1n) is 14.2. The lowest BCUT2D eigenvalue weighted by molar-refractivity contribution is -0.119. The van der Waals surface area contributed by atoms with Gasteiger partial charge in [0.1, 0.15) is 11.1 Å². The third-order valence-electron chi connectivity index (χ3n) is 8.85. The van der Waals surface area contributed by atoms with Crippen molar-refractivity contribution in [2.75, 3.05) is 11.9 Å². The van der Waals surface area contributed by atoms with E-state index in [0.29, 0.717) is 22.0 Å². The van der Waals surface area contributed by atoms with Crippen LogP contribution in [0.1, 0.15) is 96.9 Å². The van der Waals surface area contributed by atoms with Crippen LogP contribution in [0.25, 0.3) is 10.9 Å². The van der Waals surface area contributed by atoms with Gasteiger partial charge in [0.2, 0.25) is 0 Å². The molecule has 39 heavy (non-hydrogen) atoms. The van der Waals surface area contributed by atoms with Crippen LogP contribution in [-0.2, 0) is 35.2 Å². The van der Waals surface area contributed by atoms with Gasteiger partial charge < -0.3 is 10.1 Å². The fraction of sp³-hybridized carbons (Fsp3) is 0.500. The van der Waals surface area contributed by atoms with Crippen LogP contribution in [0.2, 0.25) is 0 Å². The zero-order valence-corrected chi connectivity index (χ0v) is 24.0. The number of carbonyl (C=O) groups is 2. The van der Waals surface area contributed by atoms with E-state index in [1.165, 1.54) is 22.6 Å².